The molecule has 0 aliphatic rings. The molecule has 2 aromatic carbocycles. The molecule has 0 spiro atoms. The minimum absolute atomic E-state index is 0.187. The number of halogens is 1. The number of nitrogens with zero attached hydrogens (tertiary/aromatic N) is 1. The molecule has 2 aromatic rings. The number of rotatable bonds is 9. The Hall–Kier alpha value is -2.89. The lowest BCUT2D eigenvalue weighted by molar-refractivity contribution is -0.142. The lowest BCUT2D eigenvalue weighted by Crippen LogP contribution is -2.50. The predicted molar refractivity (Wildman–Crippen MR) is 106 cm³/mol. The molecule has 0 radical (unpaired) electrons. The van der Waals surface area contributed by atoms with Gasteiger partial charge in [0.1, 0.15) is 17.6 Å². The third-order valence-electron chi connectivity index (χ3n) is 4.35. The number of likely N-dealkylation sites (N-methyl/N-ethyl adjacent to an activating group) is 1. The van der Waals surface area contributed by atoms with Crippen molar-refractivity contribution in [1.82, 2.24) is 10.2 Å². The van der Waals surface area contributed by atoms with Crippen LogP contribution in [0.15, 0.2) is 48.5 Å². The molecule has 0 bridgehead atoms. The van der Waals surface area contributed by atoms with Crippen molar-refractivity contribution in [2.75, 3.05) is 13.2 Å². The summed E-state index contributed by atoms with van der Waals surface area (Å²) >= 11 is 0. The smallest absolute Gasteiger partial charge is 0.261 e. The van der Waals surface area contributed by atoms with Gasteiger partial charge in [-0.05, 0) is 50.1 Å². The standard InChI is InChI=1S/C22H27FN2O3/c1-4-20(22(27)24-5-2)25(14-17-8-6-7-16(3)13-17)21(26)15-28-19-11-9-18(23)10-12-19/h6-13,20H,4-5,14-15H2,1-3H3,(H,24,27)/t20-/m1/s1. The number of ether oxygens (including phenoxy) is 1. The molecule has 150 valence electrons. The number of benzene rings is 2. The summed E-state index contributed by atoms with van der Waals surface area (Å²) < 4.78 is 18.5. The average Bonchev–Trinajstić information content (AvgIpc) is 2.67. The lowest BCUT2D eigenvalue weighted by atomic mass is 10.1. The molecule has 0 saturated heterocycles. The molecule has 6 heteroatoms. The van der Waals surface area contributed by atoms with Crippen LogP contribution in [0.25, 0.3) is 0 Å². The molecule has 0 unspecified atom stereocenters. The Morgan fingerprint density at radius 2 is 1.86 bits per heavy atom. The maximum atomic E-state index is 13.0. The molecule has 0 aliphatic carbocycles. The monoisotopic (exact) mass is 386 g/mol. The van der Waals surface area contributed by atoms with Crippen molar-refractivity contribution < 1.29 is 18.7 Å². The van der Waals surface area contributed by atoms with Crippen LogP contribution in [-0.4, -0.2) is 35.9 Å². The van der Waals surface area contributed by atoms with Gasteiger partial charge in [0, 0.05) is 13.1 Å². The Bertz CT molecular complexity index is 793. The molecule has 1 atom stereocenters. The summed E-state index contributed by atoms with van der Waals surface area (Å²) in [4.78, 5) is 27.0. The molecule has 0 heterocycles. The van der Waals surface area contributed by atoms with Gasteiger partial charge in [-0.25, -0.2) is 4.39 Å². The average molecular weight is 386 g/mol. The first-order valence-corrected chi connectivity index (χ1v) is 9.45. The Balaban J connectivity index is 2.18. The van der Waals surface area contributed by atoms with E-state index in [1.54, 1.807) is 4.90 Å². The minimum Gasteiger partial charge on any atom is -0.484 e. The summed E-state index contributed by atoms with van der Waals surface area (Å²) in [6.45, 7) is 6.27. The van der Waals surface area contributed by atoms with E-state index >= 15 is 0 Å². The predicted octanol–water partition coefficient (Wildman–Crippen LogP) is 3.46. The second-order valence-electron chi connectivity index (χ2n) is 6.57. The zero-order chi connectivity index (χ0) is 20.5. The number of carbonyl (C=O) groups is 2. The van der Waals surface area contributed by atoms with E-state index in [1.165, 1.54) is 24.3 Å². The molecule has 1 N–H and O–H groups in total. The molecule has 2 amide bonds. The van der Waals surface area contributed by atoms with Crippen LogP contribution in [0.1, 0.15) is 31.4 Å². The van der Waals surface area contributed by atoms with Gasteiger partial charge in [0.15, 0.2) is 6.61 Å². The quantitative estimate of drug-likeness (QED) is 0.718. The highest BCUT2D eigenvalue weighted by atomic mass is 19.1. The summed E-state index contributed by atoms with van der Waals surface area (Å²) in [5.41, 5.74) is 2.02. The molecule has 2 rings (SSSR count). The highest BCUT2D eigenvalue weighted by molar-refractivity contribution is 5.88. The van der Waals surface area contributed by atoms with Gasteiger partial charge in [-0.3, -0.25) is 9.59 Å². The van der Waals surface area contributed by atoms with Gasteiger partial charge >= 0.3 is 0 Å². The normalized spacial score (nSPS) is 11.6. The van der Waals surface area contributed by atoms with Crippen LogP contribution >= 0.6 is 0 Å². The van der Waals surface area contributed by atoms with Gasteiger partial charge in [0.2, 0.25) is 5.91 Å². The summed E-state index contributed by atoms with van der Waals surface area (Å²) in [6, 6.07) is 12.7. The fourth-order valence-electron chi connectivity index (χ4n) is 2.98. The first kappa shape index (κ1) is 21.4. The van der Waals surface area contributed by atoms with Crippen LogP contribution in [-0.2, 0) is 16.1 Å². The Morgan fingerprint density at radius 1 is 1.14 bits per heavy atom. The van der Waals surface area contributed by atoms with Crippen LogP contribution in [0.2, 0.25) is 0 Å². The van der Waals surface area contributed by atoms with Crippen LogP contribution in [0.3, 0.4) is 0 Å². The van der Waals surface area contributed by atoms with Crippen molar-refractivity contribution in [3.05, 3.63) is 65.5 Å². The molecule has 0 fully saturated rings. The van der Waals surface area contributed by atoms with Gasteiger partial charge in [-0.15, -0.1) is 0 Å². The molecular formula is C22H27FN2O3. The van der Waals surface area contributed by atoms with E-state index in [1.807, 2.05) is 45.0 Å². The van der Waals surface area contributed by atoms with E-state index in [2.05, 4.69) is 5.32 Å². The van der Waals surface area contributed by atoms with Crippen LogP contribution in [0.4, 0.5) is 4.39 Å². The maximum absolute atomic E-state index is 13.0. The number of hydrogen-bond donors (Lipinski definition) is 1. The SMILES string of the molecule is CCNC(=O)[C@@H](CC)N(Cc1cccc(C)c1)C(=O)COc1ccc(F)cc1. The van der Waals surface area contributed by atoms with Crippen molar-refractivity contribution in [3.63, 3.8) is 0 Å². The first-order valence-electron chi connectivity index (χ1n) is 9.45. The number of aryl methyl sites for hydroxylation is 1. The van der Waals surface area contributed by atoms with Crippen molar-refractivity contribution in [2.24, 2.45) is 0 Å². The van der Waals surface area contributed by atoms with Gasteiger partial charge in [0.05, 0.1) is 0 Å². The molecule has 5 nitrogen and oxygen atoms in total. The summed E-state index contributed by atoms with van der Waals surface area (Å²) in [7, 11) is 0. The molecule has 28 heavy (non-hydrogen) atoms. The fraction of sp³-hybridized carbons (Fsp3) is 0.364. The first-order chi connectivity index (χ1) is 13.4. The summed E-state index contributed by atoms with van der Waals surface area (Å²) in [5.74, 6) is -0.463. The number of carbonyl (C=O) groups excluding carboxylic acids is 2. The van der Waals surface area contributed by atoms with E-state index in [9.17, 15) is 14.0 Å². The Kier molecular flexibility index (Phi) is 7.99. The number of hydrogen-bond acceptors (Lipinski definition) is 3. The van der Waals surface area contributed by atoms with E-state index in [0.29, 0.717) is 25.3 Å². The Morgan fingerprint density at radius 3 is 2.46 bits per heavy atom. The van der Waals surface area contributed by atoms with Crippen LogP contribution < -0.4 is 10.1 Å². The zero-order valence-electron chi connectivity index (χ0n) is 16.6. The lowest BCUT2D eigenvalue weighted by Gasteiger charge is -2.30. The van der Waals surface area contributed by atoms with Crippen molar-refractivity contribution in [2.45, 2.75) is 39.8 Å². The topological polar surface area (TPSA) is 58.6 Å². The summed E-state index contributed by atoms with van der Waals surface area (Å²) in [6.07, 6.45) is 0.486. The van der Waals surface area contributed by atoms with E-state index in [-0.39, 0.29) is 24.2 Å². The van der Waals surface area contributed by atoms with Crippen molar-refractivity contribution in [3.8, 4) is 5.75 Å². The van der Waals surface area contributed by atoms with Gasteiger partial charge < -0.3 is 15.0 Å². The molecule has 0 aliphatic heterocycles. The fourth-order valence-corrected chi connectivity index (χ4v) is 2.98. The highest BCUT2D eigenvalue weighted by Crippen LogP contribution is 2.15. The van der Waals surface area contributed by atoms with Gasteiger partial charge in [0.25, 0.3) is 5.91 Å². The molecule has 0 saturated carbocycles. The van der Waals surface area contributed by atoms with Gasteiger partial charge in [-0.2, -0.15) is 0 Å². The Labute approximate surface area is 165 Å². The van der Waals surface area contributed by atoms with Crippen molar-refractivity contribution >= 4 is 11.8 Å². The second-order valence-corrected chi connectivity index (χ2v) is 6.57. The third-order valence-corrected chi connectivity index (χ3v) is 4.35. The van der Waals surface area contributed by atoms with Gasteiger partial charge in [-0.1, -0.05) is 36.8 Å². The van der Waals surface area contributed by atoms with E-state index < -0.39 is 6.04 Å². The summed E-state index contributed by atoms with van der Waals surface area (Å²) in [5, 5.41) is 2.79. The number of nitrogens with one attached hydrogen (secondary N) is 1. The van der Waals surface area contributed by atoms with Crippen LogP contribution in [0.5, 0.6) is 5.75 Å². The largest absolute Gasteiger partial charge is 0.484 e. The minimum atomic E-state index is -0.593. The van der Waals surface area contributed by atoms with E-state index in [4.69, 9.17) is 4.74 Å². The van der Waals surface area contributed by atoms with Crippen LogP contribution in [0, 0.1) is 12.7 Å². The second kappa shape index (κ2) is 10.4. The van der Waals surface area contributed by atoms with E-state index in [0.717, 1.165) is 11.1 Å². The molecular weight excluding hydrogens is 359 g/mol. The molecule has 0 aromatic heterocycles. The number of amides is 2. The van der Waals surface area contributed by atoms with Crippen molar-refractivity contribution in [1.29, 1.82) is 0 Å². The maximum Gasteiger partial charge on any atom is 0.261 e. The zero-order valence-corrected chi connectivity index (χ0v) is 16.6. The highest BCUT2D eigenvalue weighted by Gasteiger charge is 2.28. The third kappa shape index (κ3) is 6.08.